The summed E-state index contributed by atoms with van der Waals surface area (Å²) in [6.45, 7) is 10.1. The van der Waals surface area contributed by atoms with E-state index >= 15 is 0 Å². The summed E-state index contributed by atoms with van der Waals surface area (Å²) in [5.41, 5.74) is 10.5. The van der Waals surface area contributed by atoms with Crippen molar-refractivity contribution in [1.29, 1.82) is 5.26 Å². The molecular formula is C65H82F4N8O16S. The zero-order chi connectivity index (χ0) is 67.2. The van der Waals surface area contributed by atoms with Gasteiger partial charge in [0.2, 0.25) is 27.4 Å². The highest BCUT2D eigenvalue weighted by atomic mass is 32.2. The van der Waals surface area contributed by atoms with Crippen LogP contribution in [0.1, 0.15) is 37.3 Å². The lowest BCUT2D eigenvalue weighted by Gasteiger charge is -2.36. The van der Waals surface area contributed by atoms with Crippen molar-refractivity contribution in [3.05, 3.63) is 113 Å². The molecule has 0 spiro atoms. The van der Waals surface area contributed by atoms with E-state index in [-0.39, 0.29) is 94.3 Å². The monoisotopic (exact) mass is 1340 g/mol. The molecule has 1 fully saturated rings. The number of sulfonamides is 1. The molecule has 0 radical (unpaired) electrons. The van der Waals surface area contributed by atoms with E-state index in [1.54, 1.807) is 53.4 Å². The maximum Gasteiger partial charge on any atom is 0.313 e. The molecule has 0 atom stereocenters. The maximum absolute atomic E-state index is 14.1. The van der Waals surface area contributed by atoms with E-state index in [4.69, 9.17) is 53.1 Å². The summed E-state index contributed by atoms with van der Waals surface area (Å²) in [5, 5.41) is 25.3. The topological polar surface area (TPSA) is 295 Å². The fourth-order valence-electron chi connectivity index (χ4n) is 8.79. The average molecular weight is 1340 g/mol. The van der Waals surface area contributed by atoms with Crippen LogP contribution in [0.25, 0.3) is 17.2 Å². The lowest BCUT2D eigenvalue weighted by Crippen LogP contribution is -2.51. The number of aliphatic imine (C=N–C) groups is 2. The van der Waals surface area contributed by atoms with E-state index in [0.717, 1.165) is 5.56 Å². The molecule has 0 aromatic heterocycles. The molecule has 2 heterocycles. The first kappa shape index (κ1) is 75.6. The number of halogens is 4. The number of nitrogens with two attached hydrogens (primary N) is 1. The SMILES string of the molecule is CCCN(CC#CCN/C(=N\c1cccc(C#N)c1)NCCOCCOCCOCCOCCOCCOCCOCCOCCOCCOCCC(=O)Oc1c(F)c(F)cc(F)c1F)C(=O)C1=Cc2ccc(-c3cccc(S(=O)(=O)N4CC(CO)C4)c3)cc2N=C(N)C1. The van der Waals surface area contributed by atoms with E-state index in [2.05, 4.69) is 43.3 Å². The minimum atomic E-state index is -3.72. The predicted molar refractivity (Wildman–Crippen MR) is 339 cm³/mol. The quantitative estimate of drug-likeness (QED) is 0.00626. The molecule has 2 aliphatic rings. The lowest BCUT2D eigenvalue weighted by atomic mass is 10.0. The highest BCUT2D eigenvalue weighted by Crippen LogP contribution is 2.34. The third-order valence-corrected chi connectivity index (χ3v) is 15.4. The zero-order valence-corrected chi connectivity index (χ0v) is 53.4. The van der Waals surface area contributed by atoms with Crippen molar-refractivity contribution in [3.63, 3.8) is 0 Å². The molecule has 0 saturated carbocycles. The number of hydrogen-bond acceptors (Lipinski definition) is 20. The molecule has 94 heavy (non-hydrogen) atoms. The molecule has 6 rings (SSSR count). The minimum absolute atomic E-state index is 0.0117. The summed E-state index contributed by atoms with van der Waals surface area (Å²) in [5.74, 6) is -2.97. The van der Waals surface area contributed by atoms with Gasteiger partial charge >= 0.3 is 5.97 Å². The van der Waals surface area contributed by atoms with Crippen molar-refractivity contribution in [2.24, 2.45) is 21.6 Å². The lowest BCUT2D eigenvalue weighted by molar-refractivity contribution is -0.136. The third-order valence-electron chi connectivity index (χ3n) is 13.6. The van der Waals surface area contributed by atoms with Crippen molar-refractivity contribution in [2.75, 3.05) is 178 Å². The van der Waals surface area contributed by atoms with Gasteiger partial charge in [0.25, 0.3) is 5.91 Å². The molecule has 4 aromatic rings. The Kier molecular flexibility index (Phi) is 34.4. The van der Waals surface area contributed by atoms with Crippen LogP contribution < -0.4 is 21.1 Å². The largest absolute Gasteiger partial charge is 0.420 e. The first-order valence-corrected chi connectivity index (χ1v) is 32.2. The molecule has 512 valence electrons. The Morgan fingerprint density at radius 3 is 1.80 bits per heavy atom. The van der Waals surface area contributed by atoms with Crippen molar-refractivity contribution < 1.29 is 92.8 Å². The average Bonchev–Trinajstić information content (AvgIpc) is 0.846. The highest BCUT2D eigenvalue weighted by Gasteiger charge is 2.36. The fourth-order valence-corrected chi connectivity index (χ4v) is 10.4. The van der Waals surface area contributed by atoms with Crippen LogP contribution in [0.5, 0.6) is 5.75 Å². The van der Waals surface area contributed by atoms with Crippen LogP contribution in [-0.4, -0.2) is 224 Å². The molecule has 0 bridgehead atoms. The maximum atomic E-state index is 14.1. The van der Waals surface area contributed by atoms with Crippen LogP contribution in [0, 0.1) is 52.4 Å². The smallest absolute Gasteiger partial charge is 0.313 e. The summed E-state index contributed by atoms with van der Waals surface area (Å²) in [4.78, 5) is 37.0. The number of aliphatic hydroxyl groups excluding tert-OH is 1. The Balaban J connectivity index is 0.747. The number of guanidine groups is 1. The molecule has 24 nitrogen and oxygen atoms in total. The van der Waals surface area contributed by atoms with Gasteiger partial charge < -0.3 is 78.5 Å². The zero-order valence-electron chi connectivity index (χ0n) is 52.6. The minimum Gasteiger partial charge on any atom is -0.420 e. The number of nitriles is 1. The number of amides is 1. The number of nitrogens with zero attached hydrogens (tertiary/aromatic N) is 5. The second kappa shape index (κ2) is 42.8. The molecule has 1 saturated heterocycles. The Morgan fingerprint density at radius 1 is 0.702 bits per heavy atom. The van der Waals surface area contributed by atoms with Crippen LogP contribution in [0.3, 0.4) is 0 Å². The van der Waals surface area contributed by atoms with E-state index in [1.165, 1.54) is 4.31 Å². The number of fused-ring (bicyclic) bond motifs is 1. The second-order valence-electron chi connectivity index (χ2n) is 20.7. The van der Waals surface area contributed by atoms with Crippen LogP contribution in [0.4, 0.5) is 28.9 Å². The summed E-state index contributed by atoms with van der Waals surface area (Å²) in [7, 11) is -3.72. The molecule has 0 unspecified atom stereocenters. The van der Waals surface area contributed by atoms with E-state index in [0.29, 0.717) is 165 Å². The van der Waals surface area contributed by atoms with Crippen molar-refractivity contribution >= 4 is 51.1 Å². The van der Waals surface area contributed by atoms with Gasteiger partial charge in [0.05, 0.1) is 180 Å². The number of amidine groups is 1. The van der Waals surface area contributed by atoms with Gasteiger partial charge in [-0.2, -0.15) is 18.3 Å². The molecule has 1 amide bonds. The Bertz CT molecular complexity index is 3320. The Morgan fingerprint density at radius 2 is 1.24 bits per heavy atom. The summed E-state index contributed by atoms with van der Waals surface area (Å²) >= 11 is 0. The van der Waals surface area contributed by atoms with Gasteiger partial charge in [0, 0.05) is 62.3 Å². The van der Waals surface area contributed by atoms with Crippen LogP contribution in [0.2, 0.25) is 0 Å². The number of nitrogens with one attached hydrogen (secondary N) is 2. The number of carbonyl (C=O) groups is 2. The molecular weight excluding hydrogens is 1260 g/mol. The predicted octanol–water partition coefficient (Wildman–Crippen LogP) is 5.44. The first-order valence-electron chi connectivity index (χ1n) is 30.7. The summed E-state index contributed by atoms with van der Waals surface area (Å²) in [6.07, 6.45) is 2.19. The molecule has 5 N–H and O–H groups in total. The van der Waals surface area contributed by atoms with Crippen molar-refractivity contribution in [1.82, 2.24) is 19.8 Å². The van der Waals surface area contributed by atoms with Gasteiger partial charge in [0.1, 0.15) is 5.84 Å². The van der Waals surface area contributed by atoms with Crippen LogP contribution >= 0.6 is 0 Å². The van der Waals surface area contributed by atoms with Gasteiger partial charge in [-0.25, -0.2) is 27.2 Å². The molecule has 4 aromatic carbocycles. The van der Waals surface area contributed by atoms with Crippen LogP contribution in [-0.2, 0) is 67.0 Å². The molecule has 2 aliphatic heterocycles. The summed E-state index contributed by atoms with van der Waals surface area (Å²) in [6, 6.07) is 21.2. The van der Waals surface area contributed by atoms with Crippen molar-refractivity contribution in [3.8, 4) is 34.8 Å². The molecule has 0 aliphatic carbocycles. The van der Waals surface area contributed by atoms with Crippen molar-refractivity contribution in [2.45, 2.75) is 31.1 Å². The van der Waals surface area contributed by atoms with E-state index in [1.807, 2.05) is 31.2 Å². The van der Waals surface area contributed by atoms with Crippen LogP contribution in [0.15, 0.2) is 93.2 Å². The van der Waals surface area contributed by atoms with Gasteiger partial charge in [-0.15, -0.1) is 0 Å². The highest BCUT2D eigenvalue weighted by molar-refractivity contribution is 7.89. The van der Waals surface area contributed by atoms with Gasteiger partial charge in [-0.3, -0.25) is 9.59 Å². The third kappa shape index (κ3) is 26.7. The Hall–Kier alpha value is -7.46. The Labute approximate surface area is 545 Å². The van der Waals surface area contributed by atoms with E-state index in [9.17, 15) is 45.9 Å². The fraction of sp³-hybridized carbons (Fsp3) is 0.492. The number of hydrogen-bond donors (Lipinski definition) is 4. The number of carbonyl (C=O) groups excluding carboxylic acids is 2. The normalized spacial score (nSPS) is 13.4. The number of ether oxygens (including phenoxy) is 11. The van der Waals surface area contributed by atoms with Gasteiger partial charge in [-0.1, -0.05) is 49.1 Å². The second-order valence-corrected chi connectivity index (χ2v) is 22.7. The number of aliphatic hydroxyl groups is 1. The summed E-state index contributed by atoms with van der Waals surface area (Å²) < 4.78 is 141. The van der Waals surface area contributed by atoms with E-state index < -0.39 is 51.4 Å². The molecule has 29 heteroatoms. The van der Waals surface area contributed by atoms with Gasteiger partial charge in [-0.05, 0) is 60.0 Å². The first-order chi connectivity index (χ1) is 45.7. The standard InChI is InChI=1S/C65H82F4N8O16S/c1-2-16-76(64(80)53-39-52-12-11-51(41-58(52)75-59(71)42-53)50-8-6-10-55(40-50)94(81,82)77-45-49(46-77)47-78)17-4-3-14-72-65(74-54-9-5-7-48(38-54)44-70)73-15-19-84-21-23-86-25-27-88-29-31-90-33-35-92-37-36-91-34-32-89-30-28-87-26-24-85-22-20-83-18-13-60(79)93-63-61(68)56(66)43-57(67)62(63)69/h5-12,38-41,43,49,78H,2,13-37,42,45-47H2,1H3,(H2,71,75)(H2,72,73,74). The number of esters is 1. The van der Waals surface area contributed by atoms with Gasteiger partial charge in [0.15, 0.2) is 17.6 Å². The number of benzene rings is 4. The number of rotatable bonds is 44.